The summed E-state index contributed by atoms with van der Waals surface area (Å²) in [5, 5.41) is 0. The quantitative estimate of drug-likeness (QED) is 0.735. The van der Waals surface area contributed by atoms with E-state index in [1.54, 1.807) is 9.80 Å². The van der Waals surface area contributed by atoms with E-state index in [0.29, 0.717) is 51.4 Å². The average molecular weight is 370 g/mol. The fourth-order valence-corrected chi connectivity index (χ4v) is 3.02. The third-order valence-electron chi connectivity index (χ3n) is 4.58. The molecule has 2 amide bonds. The van der Waals surface area contributed by atoms with Gasteiger partial charge in [-0.3, -0.25) is 9.59 Å². The van der Waals surface area contributed by atoms with E-state index in [4.69, 9.17) is 4.74 Å². The summed E-state index contributed by atoms with van der Waals surface area (Å²) < 4.78 is 18.5. The van der Waals surface area contributed by atoms with Gasteiger partial charge in [-0.2, -0.15) is 0 Å². The van der Waals surface area contributed by atoms with Crippen LogP contribution < -0.4 is 0 Å². The van der Waals surface area contributed by atoms with Gasteiger partial charge in [0.05, 0.1) is 19.6 Å². The van der Waals surface area contributed by atoms with Gasteiger partial charge < -0.3 is 14.5 Å². The van der Waals surface area contributed by atoms with E-state index in [2.05, 4.69) is 0 Å². The fourth-order valence-electron chi connectivity index (χ4n) is 3.02. The van der Waals surface area contributed by atoms with Crippen LogP contribution in [0.25, 0.3) is 0 Å². The highest BCUT2D eigenvalue weighted by Gasteiger charge is 2.24. The summed E-state index contributed by atoms with van der Waals surface area (Å²) in [6.45, 7) is 2.84. The van der Waals surface area contributed by atoms with Gasteiger partial charge in [0.15, 0.2) is 0 Å². The Morgan fingerprint density at radius 3 is 2.19 bits per heavy atom. The zero-order valence-corrected chi connectivity index (χ0v) is 15.1. The summed E-state index contributed by atoms with van der Waals surface area (Å²) in [6, 6.07) is 15.4. The normalized spacial score (nSPS) is 14.3. The number of rotatable bonds is 6. The average Bonchev–Trinajstić information content (AvgIpc) is 2.72. The number of piperazine rings is 1. The van der Waals surface area contributed by atoms with Gasteiger partial charge in [-0.05, 0) is 29.8 Å². The second-order valence-electron chi connectivity index (χ2n) is 6.47. The van der Waals surface area contributed by atoms with Crippen LogP contribution in [0.2, 0.25) is 0 Å². The van der Waals surface area contributed by atoms with E-state index in [-0.39, 0.29) is 17.6 Å². The Kier molecular flexibility index (Phi) is 6.54. The Balaban J connectivity index is 1.38. The van der Waals surface area contributed by atoms with Crippen molar-refractivity contribution in [2.45, 2.75) is 13.0 Å². The number of benzene rings is 2. The summed E-state index contributed by atoms with van der Waals surface area (Å²) in [5.74, 6) is -0.457. The van der Waals surface area contributed by atoms with E-state index in [1.165, 1.54) is 24.3 Å². The molecule has 6 heteroatoms. The molecule has 0 unspecified atom stereocenters. The smallest absolute Gasteiger partial charge is 0.253 e. The number of halogens is 1. The van der Waals surface area contributed by atoms with Crippen molar-refractivity contribution in [1.29, 1.82) is 0 Å². The van der Waals surface area contributed by atoms with Gasteiger partial charge in [0, 0.05) is 31.7 Å². The van der Waals surface area contributed by atoms with Crippen LogP contribution in [0.5, 0.6) is 0 Å². The van der Waals surface area contributed by atoms with Gasteiger partial charge in [0.1, 0.15) is 5.82 Å². The molecule has 2 aromatic rings. The van der Waals surface area contributed by atoms with Crippen LogP contribution in [0.4, 0.5) is 4.39 Å². The maximum atomic E-state index is 13.0. The minimum atomic E-state index is -0.364. The highest BCUT2D eigenvalue weighted by atomic mass is 19.1. The fraction of sp³-hybridized carbons (Fsp3) is 0.333. The number of hydrogen-bond donors (Lipinski definition) is 0. The number of carbonyl (C=O) groups excluding carboxylic acids is 2. The van der Waals surface area contributed by atoms with Crippen molar-refractivity contribution < 1.29 is 18.7 Å². The van der Waals surface area contributed by atoms with Crippen molar-refractivity contribution in [1.82, 2.24) is 9.80 Å². The lowest BCUT2D eigenvalue weighted by atomic mass is 10.1. The molecule has 1 aliphatic rings. The Hall–Kier alpha value is -2.73. The van der Waals surface area contributed by atoms with Crippen LogP contribution >= 0.6 is 0 Å². The summed E-state index contributed by atoms with van der Waals surface area (Å²) in [6.07, 6.45) is 0.332. The lowest BCUT2D eigenvalue weighted by Crippen LogP contribution is -2.50. The standard InChI is InChI=1S/C21H23FN2O3/c22-19-8-6-18(7-9-19)21(26)24-13-11-23(12-14-24)20(25)10-15-27-16-17-4-2-1-3-5-17/h1-9H,10-16H2. The third kappa shape index (κ3) is 5.37. The van der Waals surface area contributed by atoms with E-state index < -0.39 is 0 Å². The minimum absolute atomic E-state index is 0.0388. The monoisotopic (exact) mass is 370 g/mol. The molecule has 0 N–H and O–H groups in total. The molecule has 0 aliphatic carbocycles. The molecular formula is C21H23FN2O3. The second kappa shape index (κ2) is 9.28. The first-order valence-corrected chi connectivity index (χ1v) is 9.08. The molecule has 5 nitrogen and oxygen atoms in total. The Labute approximate surface area is 158 Å². The number of nitrogens with zero attached hydrogens (tertiary/aromatic N) is 2. The molecule has 1 fully saturated rings. The van der Waals surface area contributed by atoms with Gasteiger partial charge in [-0.15, -0.1) is 0 Å². The second-order valence-corrected chi connectivity index (χ2v) is 6.47. The molecule has 1 heterocycles. The number of ether oxygens (including phenoxy) is 1. The molecule has 1 aliphatic heterocycles. The summed E-state index contributed by atoms with van der Waals surface area (Å²) >= 11 is 0. The first-order valence-electron chi connectivity index (χ1n) is 9.08. The van der Waals surface area contributed by atoms with Crippen LogP contribution in [0.3, 0.4) is 0 Å². The molecule has 3 rings (SSSR count). The van der Waals surface area contributed by atoms with Gasteiger partial charge in [-0.25, -0.2) is 4.39 Å². The van der Waals surface area contributed by atoms with Crippen molar-refractivity contribution >= 4 is 11.8 Å². The molecule has 142 valence electrons. The Morgan fingerprint density at radius 1 is 0.889 bits per heavy atom. The van der Waals surface area contributed by atoms with E-state index in [0.717, 1.165) is 5.56 Å². The van der Waals surface area contributed by atoms with Crippen LogP contribution in [0.1, 0.15) is 22.3 Å². The van der Waals surface area contributed by atoms with E-state index >= 15 is 0 Å². The largest absolute Gasteiger partial charge is 0.376 e. The SMILES string of the molecule is O=C(CCOCc1ccccc1)N1CCN(C(=O)c2ccc(F)cc2)CC1. The minimum Gasteiger partial charge on any atom is -0.376 e. The molecular weight excluding hydrogens is 347 g/mol. The predicted octanol–water partition coefficient (Wildman–Crippen LogP) is 2.72. The molecule has 0 spiro atoms. The summed E-state index contributed by atoms with van der Waals surface area (Å²) in [7, 11) is 0. The van der Waals surface area contributed by atoms with Crippen molar-refractivity contribution in [3.05, 3.63) is 71.5 Å². The third-order valence-corrected chi connectivity index (χ3v) is 4.58. The molecule has 2 aromatic carbocycles. The predicted molar refractivity (Wildman–Crippen MR) is 99.6 cm³/mol. The maximum absolute atomic E-state index is 13.0. The zero-order valence-electron chi connectivity index (χ0n) is 15.1. The van der Waals surface area contributed by atoms with Crippen LogP contribution in [-0.4, -0.2) is 54.4 Å². The molecule has 27 heavy (non-hydrogen) atoms. The Morgan fingerprint density at radius 2 is 1.52 bits per heavy atom. The number of carbonyl (C=O) groups is 2. The first-order chi connectivity index (χ1) is 13.1. The van der Waals surface area contributed by atoms with Gasteiger partial charge in [-0.1, -0.05) is 30.3 Å². The van der Waals surface area contributed by atoms with Crippen LogP contribution in [0.15, 0.2) is 54.6 Å². The molecule has 0 radical (unpaired) electrons. The van der Waals surface area contributed by atoms with Crippen molar-refractivity contribution in [3.63, 3.8) is 0 Å². The van der Waals surface area contributed by atoms with E-state index in [9.17, 15) is 14.0 Å². The molecule has 0 aromatic heterocycles. The van der Waals surface area contributed by atoms with Gasteiger partial charge in [0.2, 0.25) is 5.91 Å². The molecule has 0 saturated carbocycles. The van der Waals surface area contributed by atoms with Gasteiger partial charge >= 0.3 is 0 Å². The maximum Gasteiger partial charge on any atom is 0.253 e. The lowest BCUT2D eigenvalue weighted by Gasteiger charge is -2.34. The van der Waals surface area contributed by atoms with E-state index in [1.807, 2.05) is 30.3 Å². The first kappa shape index (κ1) is 19.0. The summed E-state index contributed by atoms with van der Waals surface area (Å²) in [5.41, 5.74) is 1.54. The van der Waals surface area contributed by atoms with Crippen LogP contribution in [0, 0.1) is 5.82 Å². The Bertz CT molecular complexity index is 757. The zero-order chi connectivity index (χ0) is 19.1. The highest BCUT2D eigenvalue weighted by Crippen LogP contribution is 2.11. The van der Waals surface area contributed by atoms with Crippen molar-refractivity contribution in [2.75, 3.05) is 32.8 Å². The molecule has 0 bridgehead atoms. The van der Waals surface area contributed by atoms with Gasteiger partial charge in [0.25, 0.3) is 5.91 Å². The topological polar surface area (TPSA) is 49.9 Å². The molecule has 1 saturated heterocycles. The van der Waals surface area contributed by atoms with Crippen molar-refractivity contribution in [2.24, 2.45) is 0 Å². The molecule has 0 atom stereocenters. The summed E-state index contributed by atoms with van der Waals surface area (Å²) in [4.78, 5) is 28.2. The number of amides is 2. The lowest BCUT2D eigenvalue weighted by molar-refractivity contribution is -0.133. The van der Waals surface area contributed by atoms with Crippen molar-refractivity contribution in [3.8, 4) is 0 Å². The van der Waals surface area contributed by atoms with Crippen LogP contribution in [-0.2, 0) is 16.1 Å². The highest BCUT2D eigenvalue weighted by molar-refractivity contribution is 5.94. The number of hydrogen-bond acceptors (Lipinski definition) is 3.